The molecule has 2 aliphatic rings. The molecule has 0 aromatic heterocycles. The first-order chi connectivity index (χ1) is 15.3. The summed E-state index contributed by atoms with van der Waals surface area (Å²) in [6.45, 7) is 2.80. The number of amides is 1. The van der Waals surface area contributed by atoms with E-state index < -0.39 is 10.0 Å². The van der Waals surface area contributed by atoms with Crippen molar-refractivity contribution in [2.24, 2.45) is 0 Å². The van der Waals surface area contributed by atoms with E-state index in [1.807, 2.05) is 0 Å². The Kier molecular flexibility index (Phi) is 6.40. The summed E-state index contributed by atoms with van der Waals surface area (Å²) in [6.07, 6.45) is 1.81. The van der Waals surface area contributed by atoms with Gasteiger partial charge in [-0.1, -0.05) is 0 Å². The zero-order chi connectivity index (χ0) is 22.7. The number of piperazine rings is 1. The van der Waals surface area contributed by atoms with Crippen molar-refractivity contribution in [1.29, 1.82) is 0 Å². The second-order valence-corrected chi connectivity index (χ2v) is 9.73. The lowest BCUT2D eigenvalue weighted by Crippen LogP contribution is -2.48. The number of hydrogen-bond donors (Lipinski definition) is 0. The van der Waals surface area contributed by atoms with Crippen LogP contribution in [0.25, 0.3) is 0 Å². The van der Waals surface area contributed by atoms with E-state index in [1.54, 1.807) is 35.2 Å². The largest absolute Gasteiger partial charge is 0.454 e. The Morgan fingerprint density at radius 3 is 2.41 bits per heavy atom. The molecule has 10 heteroatoms. The molecule has 0 unspecified atom stereocenters. The van der Waals surface area contributed by atoms with Gasteiger partial charge in [-0.2, -0.15) is 0 Å². The number of carbonyl (C=O) groups excluding carboxylic acids is 1. The summed E-state index contributed by atoms with van der Waals surface area (Å²) < 4.78 is 49.7. The summed E-state index contributed by atoms with van der Waals surface area (Å²) in [4.78, 5) is 16.6. The minimum atomic E-state index is -3.52. The highest BCUT2D eigenvalue weighted by Crippen LogP contribution is 2.36. The van der Waals surface area contributed by atoms with Crippen LogP contribution in [-0.4, -0.2) is 65.0 Å². The van der Waals surface area contributed by atoms with Crippen molar-refractivity contribution < 1.29 is 27.1 Å². The molecule has 0 aliphatic carbocycles. The molecular weight excluding hydrogens is 437 g/mol. The quantitative estimate of drug-likeness (QED) is 0.628. The van der Waals surface area contributed by atoms with E-state index >= 15 is 0 Å². The molecule has 32 heavy (non-hydrogen) atoms. The van der Waals surface area contributed by atoms with Gasteiger partial charge >= 0.3 is 0 Å². The van der Waals surface area contributed by atoms with E-state index in [-0.39, 0.29) is 31.5 Å². The van der Waals surface area contributed by atoms with Gasteiger partial charge in [-0.25, -0.2) is 12.8 Å². The number of ether oxygens (including phenoxy) is 2. The first kappa shape index (κ1) is 22.2. The highest BCUT2D eigenvalue weighted by atomic mass is 32.2. The van der Waals surface area contributed by atoms with E-state index in [0.29, 0.717) is 49.8 Å². The fraction of sp³-hybridized carbons (Fsp3) is 0.409. The van der Waals surface area contributed by atoms with Gasteiger partial charge in [0.1, 0.15) is 5.82 Å². The van der Waals surface area contributed by atoms with E-state index in [9.17, 15) is 17.6 Å². The van der Waals surface area contributed by atoms with Gasteiger partial charge in [0.05, 0.1) is 11.9 Å². The summed E-state index contributed by atoms with van der Waals surface area (Å²) in [5.74, 6) is 0.817. The van der Waals surface area contributed by atoms with Crippen molar-refractivity contribution in [2.75, 3.05) is 55.0 Å². The van der Waals surface area contributed by atoms with Gasteiger partial charge in [0.15, 0.2) is 11.5 Å². The van der Waals surface area contributed by atoms with Crippen LogP contribution >= 0.6 is 0 Å². The predicted octanol–water partition coefficient (Wildman–Crippen LogP) is 2.45. The summed E-state index contributed by atoms with van der Waals surface area (Å²) >= 11 is 0. The molecule has 1 amide bonds. The Labute approximate surface area is 187 Å². The SMILES string of the molecule is CS(=O)(=O)N(CCCC(=O)N1CCN(c2ccc(F)cc2)CC1)c1ccc2c(c1)OCO2. The van der Waals surface area contributed by atoms with E-state index in [4.69, 9.17) is 9.47 Å². The van der Waals surface area contributed by atoms with Crippen LogP contribution < -0.4 is 18.7 Å². The standard InChI is InChI=1S/C22H26FN3O5S/c1-32(28,29)26(19-8-9-20-21(15-19)31-16-30-20)10-2-3-22(27)25-13-11-24(12-14-25)18-6-4-17(23)5-7-18/h4-9,15H,2-3,10-14,16H2,1H3. The van der Waals surface area contributed by atoms with Crippen molar-refractivity contribution in [3.63, 3.8) is 0 Å². The molecule has 1 fully saturated rings. The van der Waals surface area contributed by atoms with Crippen molar-refractivity contribution in [2.45, 2.75) is 12.8 Å². The van der Waals surface area contributed by atoms with Gasteiger partial charge in [-0.15, -0.1) is 0 Å². The molecule has 4 rings (SSSR count). The monoisotopic (exact) mass is 463 g/mol. The van der Waals surface area contributed by atoms with Gasteiger partial charge < -0.3 is 19.3 Å². The number of anilines is 2. The van der Waals surface area contributed by atoms with Gasteiger partial charge in [0.25, 0.3) is 0 Å². The number of sulfonamides is 1. The second-order valence-electron chi connectivity index (χ2n) is 7.82. The van der Waals surface area contributed by atoms with Crippen LogP contribution in [0.15, 0.2) is 42.5 Å². The van der Waals surface area contributed by atoms with E-state index in [2.05, 4.69) is 4.90 Å². The summed E-state index contributed by atoms with van der Waals surface area (Å²) in [7, 11) is -3.52. The molecule has 0 radical (unpaired) electrons. The number of benzene rings is 2. The molecule has 0 bridgehead atoms. The van der Waals surface area contributed by atoms with Gasteiger partial charge in [-0.3, -0.25) is 9.10 Å². The molecule has 0 spiro atoms. The van der Waals surface area contributed by atoms with Gasteiger partial charge in [0.2, 0.25) is 22.7 Å². The van der Waals surface area contributed by atoms with Crippen LogP contribution in [0.5, 0.6) is 11.5 Å². The zero-order valence-corrected chi connectivity index (χ0v) is 18.7. The number of hydrogen-bond acceptors (Lipinski definition) is 6. The normalized spacial score (nSPS) is 15.7. The van der Waals surface area contributed by atoms with Crippen molar-refractivity contribution in [3.8, 4) is 11.5 Å². The Morgan fingerprint density at radius 2 is 1.72 bits per heavy atom. The third-order valence-electron chi connectivity index (χ3n) is 5.62. The lowest BCUT2D eigenvalue weighted by atomic mass is 10.2. The second kappa shape index (κ2) is 9.23. The molecule has 0 atom stereocenters. The number of halogens is 1. The molecular formula is C22H26FN3O5S. The Morgan fingerprint density at radius 1 is 1.03 bits per heavy atom. The van der Waals surface area contributed by atoms with Crippen LogP contribution in [0.1, 0.15) is 12.8 Å². The Balaban J connectivity index is 1.30. The Hall–Kier alpha value is -3.01. The molecule has 8 nitrogen and oxygen atoms in total. The first-order valence-corrected chi connectivity index (χ1v) is 12.3. The van der Waals surface area contributed by atoms with Gasteiger partial charge in [0, 0.05) is 50.9 Å². The molecule has 0 saturated carbocycles. The average Bonchev–Trinajstić information content (AvgIpc) is 3.24. The van der Waals surface area contributed by atoms with Gasteiger partial charge in [-0.05, 0) is 42.8 Å². The number of nitrogens with zero attached hydrogens (tertiary/aromatic N) is 3. The van der Waals surface area contributed by atoms with Crippen LogP contribution in [0.3, 0.4) is 0 Å². The van der Waals surface area contributed by atoms with E-state index in [0.717, 1.165) is 11.9 Å². The summed E-state index contributed by atoms with van der Waals surface area (Å²) in [6, 6.07) is 11.3. The Bertz CT molecular complexity index is 1070. The van der Waals surface area contributed by atoms with Crippen LogP contribution in [0.2, 0.25) is 0 Å². The van der Waals surface area contributed by atoms with Crippen molar-refractivity contribution >= 4 is 27.3 Å². The molecule has 0 N–H and O–H groups in total. The molecule has 1 saturated heterocycles. The van der Waals surface area contributed by atoms with E-state index in [1.165, 1.54) is 16.4 Å². The molecule has 2 aromatic carbocycles. The lowest BCUT2D eigenvalue weighted by molar-refractivity contribution is -0.131. The molecule has 2 aromatic rings. The van der Waals surface area contributed by atoms with Crippen LogP contribution in [-0.2, 0) is 14.8 Å². The fourth-order valence-corrected chi connectivity index (χ4v) is 4.88. The average molecular weight is 464 g/mol. The third-order valence-corrected chi connectivity index (χ3v) is 6.81. The smallest absolute Gasteiger partial charge is 0.232 e. The zero-order valence-electron chi connectivity index (χ0n) is 17.9. The maximum atomic E-state index is 13.1. The topological polar surface area (TPSA) is 79.4 Å². The molecule has 2 aliphatic heterocycles. The highest BCUT2D eigenvalue weighted by molar-refractivity contribution is 7.92. The molecule has 2 heterocycles. The van der Waals surface area contributed by atoms with Crippen LogP contribution in [0.4, 0.5) is 15.8 Å². The van der Waals surface area contributed by atoms with Crippen LogP contribution in [0, 0.1) is 5.82 Å². The van der Waals surface area contributed by atoms with Crippen molar-refractivity contribution in [1.82, 2.24) is 4.90 Å². The predicted molar refractivity (Wildman–Crippen MR) is 119 cm³/mol. The first-order valence-electron chi connectivity index (χ1n) is 10.5. The number of fused-ring (bicyclic) bond motifs is 1. The lowest BCUT2D eigenvalue weighted by Gasteiger charge is -2.36. The number of rotatable bonds is 7. The molecule has 172 valence electrons. The summed E-state index contributed by atoms with van der Waals surface area (Å²) in [5.41, 5.74) is 1.42. The third kappa shape index (κ3) is 5.07. The summed E-state index contributed by atoms with van der Waals surface area (Å²) in [5, 5.41) is 0. The maximum Gasteiger partial charge on any atom is 0.232 e. The minimum absolute atomic E-state index is 0.00268. The van der Waals surface area contributed by atoms with Crippen molar-refractivity contribution in [3.05, 3.63) is 48.3 Å². The fourth-order valence-electron chi connectivity index (χ4n) is 3.92. The maximum absolute atomic E-state index is 13.1. The minimum Gasteiger partial charge on any atom is -0.454 e. The highest BCUT2D eigenvalue weighted by Gasteiger charge is 2.24. The number of carbonyl (C=O) groups is 1.